The van der Waals surface area contributed by atoms with E-state index in [-0.39, 0.29) is 33.0 Å². The van der Waals surface area contributed by atoms with Crippen LogP contribution in [0, 0.1) is 0 Å². The number of hydrogen-bond acceptors (Lipinski definition) is 4. The Morgan fingerprint density at radius 1 is 1.07 bits per heavy atom. The van der Waals surface area contributed by atoms with E-state index in [1.807, 2.05) is 0 Å². The number of ether oxygens (including phenoxy) is 1. The van der Waals surface area contributed by atoms with Gasteiger partial charge in [-0.15, -0.1) is 0 Å². The number of nitrogens with zero attached hydrogens (tertiary/aromatic N) is 1. The van der Waals surface area contributed by atoms with Crippen molar-refractivity contribution in [2.24, 2.45) is 0 Å². The second kappa shape index (κ2) is 8.67. The van der Waals surface area contributed by atoms with Crippen LogP contribution in [0.5, 0.6) is 5.88 Å². The molecule has 0 unspecified atom stereocenters. The third-order valence-electron chi connectivity index (χ3n) is 4.53. The van der Waals surface area contributed by atoms with E-state index in [1.165, 1.54) is 24.3 Å². The summed E-state index contributed by atoms with van der Waals surface area (Å²) in [5.74, 6) is 0.104. The van der Waals surface area contributed by atoms with Gasteiger partial charge in [0.25, 0.3) is 0 Å². The van der Waals surface area contributed by atoms with Crippen LogP contribution < -0.4 is 9.46 Å². The summed E-state index contributed by atoms with van der Waals surface area (Å²) in [6.45, 7) is 0. The smallest absolute Gasteiger partial charge is 0.417 e. The minimum atomic E-state index is -4.45. The number of alkyl halides is 3. The lowest BCUT2D eigenvalue weighted by molar-refractivity contribution is -0.137. The van der Waals surface area contributed by atoms with Gasteiger partial charge in [-0.25, -0.2) is 18.1 Å². The molecular weight excluding hydrogens is 452 g/mol. The molecule has 0 amide bonds. The molecule has 1 heterocycles. The minimum absolute atomic E-state index is 0.0762. The van der Waals surface area contributed by atoms with Gasteiger partial charge in [0, 0.05) is 23.3 Å². The lowest BCUT2D eigenvalue weighted by Gasteiger charge is -2.29. The molecule has 3 rings (SSSR count). The van der Waals surface area contributed by atoms with Crippen LogP contribution in [0.2, 0.25) is 10.0 Å². The van der Waals surface area contributed by atoms with Crippen LogP contribution in [0.25, 0.3) is 0 Å². The lowest BCUT2D eigenvalue weighted by Crippen LogP contribution is -2.39. The van der Waals surface area contributed by atoms with Gasteiger partial charge in [0.1, 0.15) is 11.0 Å². The van der Waals surface area contributed by atoms with E-state index in [1.54, 1.807) is 0 Å². The average molecular weight is 469 g/mol. The highest BCUT2D eigenvalue weighted by Gasteiger charge is 2.31. The first-order valence-corrected chi connectivity index (χ1v) is 11.0. The second-order valence-electron chi connectivity index (χ2n) is 6.67. The first-order chi connectivity index (χ1) is 13.5. The van der Waals surface area contributed by atoms with Crippen molar-refractivity contribution in [1.29, 1.82) is 0 Å². The highest BCUT2D eigenvalue weighted by atomic mass is 35.5. The molecule has 0 saturated heterocycles. The van der Waals surface area contributed by atoms with Gasteiger partial charge >= 0.3 is 6.18 Å². The van der Waals surface area contributed by atoms with Gasteiger partial charge in [-0.05, 0) is 49.9 Å². The summed E-state index contributed by atoms with van der Waals surface area (Å²) in [5, 5.41) is 0.336. The van der Waals surface area contributed by atoms with Crippen molar-refractivity contribution < 1.29 is 26.3 Å². The van der Waals surface area contributed by atoms with E-state index in [0.717, 1.165) is 12.3 Å². The molecule has 0 aliphatic heterocycles. The summed E-state index contributed by atoms with van der Waals surface area (Å²) in [6.07, 6.45) is -1.92. The molecule has 1 N–H and O–H groups in total. The number of rotatable bonds is 5. The highest BCUT2D eigenvalue weighted by Crippen LogP contribution is 2.31. The monoisotopic (exact) mass is 468 g/mol. The van der Waals surface area contributed by atoms with Crippen LogP contribution in [0.15, 0.2) is 41.4 Å². The molecule has 11 heteroatoms. The second-order valence-corrected chi connectivity index (χ2v) is 9.20. The Kier molecular flexibility index (Phi) is 6.62. The van der Waals surface area contributed by atoms with Gasteiger partial charge in [0.05, 0.1) is 10.6 Å². The number of pyridine rings is 1. The fourth-order valence-corrected chi connectivity index (χ4v) is 5.12. The van der Waals surface area contributed by atoms with Crippen molar-refractivity contribution in [3.8, 4) is 5.88 Å². The summed E-state index contributed by atoms with van der Waals surface area (Å²) in [5.41, 5.74) is -0.845. The Morgan fingerprint density at radius 3 is 2.34 bits per heavy atom. The van der Waals surface area contributed by atoms with Crippen molar-refractivity contribution in [2.45, 2.75) is 48.9 Å². The fraction of sp³-hybridized carbons (Fsp3) is 0.389. The SMILES string of the molecule is O=S(=O)(NC1CCC(Oc2ccc(C(F)(F)F)cn2)CC1)c1cc(Cl)ccc1Cl. The lowest BCUT2D eigenvalue weighted by atomic mass is 9.94. The number of hydrogen-bond donors (Lipinski definition) is 1. The topological polar surface area (TPSA) is 68.3 Å². The van der Waals surface area contributed by atoms with Crippen molar-refractivity contribution in [1.82, 2.24) is 9.71 Å². The van der Waals surface area contributed by atoms with E-state index in [9.17, 15) is 21.6 Å². The predicted molar refractivity (Wildman–Crippen MR) is 103 cm³/mol. The van der Waals surface area contributed by atoms with Crippen molar-refractivity contribution in [2.75, 3.05) is 0 Å². The largest absolute Gasteiger partial charge is 0.474 e. The first-order valence-electron chi connectivity index (χ1n) is 8.72. The molecule has 0 bridgehead atoms. The minimum Gasteiger partial charge on any atom is -0.474 e. The van der Waals surface area contributed by atoms with E-state index < -0.39 is 21.8 Å². The van der Waals surface area contributed by atoms with Crippen LogP contribution in [0.1, 0.15) is 31.2 Å². The van der Waals surface area contributed by atoms with Gasteiger partial charge in [0.15, 0.2) is 0 Å². The maximum Gasteiger partial charge on any atom is 0.417 e. The molecule has 1 saturated carbocycles. The third-order valence-corrected chi connectivity index (χ3v) is 6.77. The summed E-state index contributed by atoms with van der Waals surface area (Å²) in [4.78, 5) is 3.61. The van der Waals surface area contributed by atoms with Gasteiger partial charge < -0.3 is 4.74 Å². The average Bonchev–Trinajstić information content (AvgIpc) is 2.65. The Balaban J connectivity index is 1.56. The summed E-state index contributed by atoms with van der Waals surface area (Å²) in [7, 11) is -3.83. The molecule has 1 aliphatic carbocycles. The van der Waals surface area contributed by atoms with Gasteiger partial charge in [-0.3, -0.25) is 0 Å². The van der Waals surface area contributed by atoms with Gasteiger partial charge in [0.2, 0.25) is 15.9 Å². The zero-order chi connectivity index (χ0) is 21.2. The van der Waals surface area contributed by atoms with Crippen molar-refractivity contribution in [3.05, 3.63) is 52.1 Å². The Labute approximate surface area is 176 Å². The maximum atomic E-state index is 12.6. The summed E-state index contributed by atoms with van der Waals surface area (Å²) < 4.78 is 71.1. The maximum absolute atomic E-state index is 12.6. The van der Waals surface area contributed by atoms with Gasteiger partial charge in [-0.2, -0.15) is 13.2 Å². The molecule has 5 nitrogen and oxygen atoms in total. The standard InChI is InChI=1S/C18H17Cl2F3N2O3S/c19-12-2-7-15(20)16(9-12)29(26,27)25-13-3-5-14(6-4-13)28-17-8-1-11(10-24-17)18(21,22)23/h1-2,7-10,13-14,25H,3-6H2. The molecule has 0 spiro atoms. The number of aromatic nitrogens is 1. The van der Waals surface area contributed by atoms with Crippen molar-refractivity contribution >= 4 is 33.2 Å². The summed E-state index contributed by atoms with van der Waals surface area (Å²) in [6, 6.07) is 5.99. The summed E-state index contributed by atoms with van der Waals surface area (Å²) >= 11 is 11.8. The van der Waals surface area contributed by atoms with Gasteiger partial charge in [-0.1, -0.05) is 23.2 Å². The van der Waals surface area contributed by atoms with Crippen LogP contribution in [0.3, 0.4) is 0 Å². The highest BCUT2D eigenvalue weighted by molar-refractivity contribution is 7.89. The Hall–Kier alpha value is -1.55. The molecule has 2 aromatic rings. The number of halogens is 5. The van der Waals surface area contributed by atoms with Crippen LogP contribution in [-0.2, 0) is 16.2 Å². The van der Waals surface area contributed by atoms with E-state index in [0.29, 0.717) is 25.7 Å². The van der Waals surface area contributed by atoms with Crippen LogP contribution in [-0.4, -0.2) is 25.5 Å². The number of benzene rings is 1. The normalized spacial score (nSPS) is 20.4. The predicted octanol–water partition coefficient (Wildman–Crippen LogP) is 5.08. The quantitative estimate of drug-likeness (QED) is 0.664. The van der Waals surface area contributed by atoms with E-state index in [2.05, 4.69) is 9.71 Å². The van der Waals surface area contributed by atoms with Crippen LogP contribution in [0.4, 0.5) is 13.2 Å². The Bertz CT molecular complexity index is 961. The molecule has 1 fully saturated rings. The third kappa shape index (κ3) is 5.75. The molecule has 0 atom stereocenters. The van der Waals surface area contributed by atoms with E-state index in [4.69, 9.17) is 27.9 Å². The molecular formula is C18H17Cl2F3N2O3S. The number of sulfonamides is 1. The first kappa shape index (κ1) is 22.1. The molecule has 1 aromatic carbocycles. The zero-order valence-electron chi connectivity index (χ0n) is 14.9. The van der Waals surface area contributed by atoms with E-state index >= 15 is 0 Å². The van der Waals surface area contributed by atoms with Crippen molar-refractivity contribution in [3.63, 3.8) is 0 Å². The molecule has 1 aliphatic rings. The molecule has 158 valence electrons. The molecule has 29 heavy (non-hydrogen) atoms. The molecule has 0 radical (unpaired) electrons. The molecule has 1 aromatic heterocycles. The zero-order valence-corrected chi connectivity index (χ0v) is 17.2. The Morgan fingerprint density at radius 2 is 1.76 bits per heavy atom. The van der Waals surface area contributed by atoms with Crippen LogP contribution >= 0.6 is 23.2 Å². The fourth-order valence-electron chi connectivity index (χ4n) is 3.05. The number of nitrogens with one attached hydrogen (secondary N) is 1.